The van der Waals surface area contributed by atoms with E-state index in [-0.39, 0.29) is 23.3 Å². The fourth-order valence-electron chi connectivity index (χ4n) is 2.95. The molecule has 1 amide bonds. The number of thiazole rings is 1. The molecule has 1 aliphatic heterocycles. The number of carbonyl (C=O) groups excluding carboxylic acids is 1. The Balaban J connectivity index is 1.74. The molecular formula is C17H16F3N3O3S. The summed E-state index contributed by atoms with van der Waals surface area (Å²) >= 11 is 1.04. The van der Waals surface area contributed by atoms with Crippen molar-refractivity contribution in [1.29, 1.82) is 0 Å². The summed E-state index contributed by atoms with van der Waals surface area (Å²) in [6.45, 7) is 1.80. The number of hydrogen-bond donors (Lipinski definition) is 3. The van der Waals surface area contributed by atoms with Crippen LogP contribution >= 0.6 is 11.3 Å². The molecule has 2 aromatic rings. The summed E-state index contributed by atoms with van der Waals surface area (Å²) in [5.41, 5.74) is -0.452. The van der Waals surface area contributed by atoms with Crippen LogP contribution in [0.4, 0.5) is 18.3 Å². The Kier molecular flexibility index (Phi) is 5.47. The van der Waals surface area contributed by atoms with E-state index >= 15 is 0 Å². The van der Waals surface area contributed by atoms with Crippen LogP contribution in [-0.4, -0.2) is 34.6 Å². The summed E-state index contributed by atoms with van der Waals surface area (Å²) in [6.07, 6.45) is 0.718. The molecule has 3 N–H and O–H groups in total. The second kappa shape index (κ2) is 7.65. The van der Waals surface area contributed by atoms with Crippen LogP contribution in [0.25, 0.3) is 11.3 Å². The number of carboxylic acid groups (broad SMARTS) is 1. The number of benzene rings is 1. The molecule has 27 heavy (non-hydrogen) atoms. The molecule has 1 aromatic heterocycles. The van der Waals surface area contributed by atoms with Crippen LogP contribution < -0.4 is 10.6 Å². The lowest BCUT2D eigenvalue weighted by Gasteiger charge is -2.26. The fourth-order valence-corrected chi connectivity index (χ4v) is 3.77. The molecule has 10 heteroatoms. The second-order valence-corrected chi connectivity index (χ2v) is 7.43. The number of aliphatic carboxylic acids is 1. The second-order valence-electron chi connectivity index (χ2n) is 6.23. The van der Waals surface area contributed by atoms with Gasteiger partial charge in [-0.1, -0.05) is 0 Å². The normalized spacial score (nSPS) is 19.7. The lowest BCUT2D eigenvalue weighted by atomic mass is 9.94. The number of rotatable bonds is 4. The van der Waals surface area contributed by atoms with Gasteiger partial charge in [0.2, 0.25) is 5.91 Å². The van der Waals surface area contributed by atoms with Gasteiger partial charge in [0.1, 0.15) is 23.5 Å². The van der Waals surface area contributed by atoms with E-state index in [9.17, 15) is 22.8 Å². The molecule has 1 fully saturated rings. The Labute approximate surface area is 156 Å². The van der Waals surface area contributed by atoms with Crippen LogP contribution in [0.2, 0.25) is 0 Å². The summed E-state index contributed by atoms with van der Waals surface area (Å²) in [6, 6.07) is 0.469. The fraction of sp³-hybridized carbons (Fsp3) is 0.353. The van der Waals surface area contributed by atoms with E-state index in [2.05, 4.69) is 15.6 Å². The molecule has 0 radical (unpaired) electrons. The van der Waals surface area contributed by atoms with Gasteiger partial charge in [-0.25, -0.2) is 18.2 Å². The average Bonchev–Trinajstić information content (AvgIpc) is 2.94. The zero-order valence-electron chi connectivity index (χ0n) is 14.2. The third-order valence-electron chi connectivity index (χ3n) is 4.35. The predicted octanol–water partition coefficient (Wildman–Crippen LogP) is 2.93. The molecule has 2 atom stereocenters. The first kappa shape index (κ1) is 19.3. The summed E-state index contributed by atoms with van der Waals surface area (Å²) in [5, 5.41) is 14.5. The highest BCUT2D eigenvalue weighted by Crippen LogP contribution is 2.34. The van der Waals surface area contributed by atoms with Crippen molar-refractivity contribution in [3.05, 3.63) is 34.5 Å². The third-order valence-corrected chi connectivity index (χ3v) is 5.24. The minimum absolute atomic E-state index is 0.00184. The number of nitrogens with one attached hydrogen (secondary N) is 2. The van der Waals surface area contributed by atoms with Crippen LogP contribution in [0.5, 0.6) is 0 Å². The third kappa shape index (κ3) is 4.11. The van der Waals surface area contributed by atoms with Gasteiger partial charge in [-0.05, 0) is 19.8 Å². The van der Waals surface area contributed by atoms with Crippen molar-refractivity contribution in [2.24, 2.45) is 5.92 Å². The highest BCUT2D eigenvalue weighted by Gasteiger charge is 2.30. The average molecular weight is 399 g/mol. The number of aromatic nitrogens is 1. The quantitative estimate of drug-likeness (QED) is 0.735. The van der Waals surface area contributed by atoms with Crippen molar-refractivity contribution in [3.8, 4) is 11.3 Å². The van der Waals surface area contributed by atoms with Gasteiger partial charge >= 0.3 is 5.97 Å². The standard InChI is InChI=1S/C17H16F3N3O3S/c1-7-14(13-10(19)4-9(18)5-11(13)20)22-17(27-7)23-15(24)8-2-3-12(16(25)26)21-6-8/h4-5,8,12,21H,2-3,6H2,1H3,(H,25,26)(H,22,23,24). The van der Waals surface area contributed by atoms with Crippen LogP contribution in [-0.2, 0) is 9.59 Å². The maximum absolute atomic E-state index is 14.0. The molecule has 0 spiro atoms. The molecule has 0 bridgehead atoms. The summed E-state index contributed by atoms with van der Waals surface area (Å²) in [4.78, 5) is 27.8. The van der Waals surface area contributed by atoms with Crippen molar-refractivity contribution in [3.63, 3.8) is 0 Å². The first-order valence-electron chi connectivity index (χ1n) is 8.15. The molecule has 1 aromatic carbocycles. The summed E-state index contributed by atoms with van der Waals surface area (Å²) in [5.74, 6) is -4.93. The van der Waals surface area contributed by atoms with Crippen molar-refractivity contribution in [2.45, 2.75) is 25.8 Å². The van der Waals surface area contributed by atoms with Gasteiger partial charge in [-0.2, -0.15) is 0 Å². The highest BCUT2D eigenvalue weighted by atomic mass is 32.1. The van der Waals surface area contributed by atoms with E-state index in [1.54, 1.807) is 6.92 Å². The number of aryl methyl sites for hydroxylation is 1. The maximum atomic E-state index is 14.0. The molecule has 0 saturated carbocycles. The van der Waals surface area contributed by atoms with E-state index in [1.807, 2.05) is 0 Å². The van der Waals surface area contributed by atoms with E-state index in [1.165, 1.54) is 0 Å². The first-order chi connectivity index (χ1) is 12.8. The lowest BCUT2D eigenvalue weighted by Crippen LogP contribution is -2.46. The van der Waals surface area contributed by atoms with Gasteiger partial charge in [0.15, 0.2) is 5.13 Å². The number of hydrogen-bond acceptors (Lipinski definition) is 5. The van der Waals surface area contributed by atoms with Crippen LogP contribution in [0.15, 0.2) is 12.1 Å². The topological polar surface area (TPSA) is 91.3 Å². The molecule has 2 heterocycles. The van der Waals surface area contributed by atoms with E-state index < -0.39 is 40.9 Å². The van der Waals surface area contributed by atoms with Crippen molar-refractivity contribution >= 4 is 28.3 Å². The number of carboxylic acids is 1. The van der Waals surface area contributed by atoms with Gasteiger partial charge in [-0.3, -0.25) is 9.59 Å². The molecule has 1 saturated heterocycles. The van der Waals surface area contributed by atoms with E-state index in [4.69, 9.17) is 5.11 Å². The number of nitrogens with zero attached hydrogens (tertiary/aromatic N) is 1. The Bertz CT molecular complexity index is 872. The Morgan fingerprint density at radius 2 is 1.93 bits per heavy atom. The van der Waals surface area contributed by atoms with Gasteiger partial charge in [0, 0.05) is 23.6 Å². The molecule has 2 unspecified atom stereocenters. The van der Waals surface area contributed by atoms with Crippen molar-refractivity contribution < 1.29 is 27.9 Å². The number of amides is 1. The smallest absolute Gasteiger partial charge is 0.320 e. The van der Waals surface area contributed by atoms with Gasteiger partial charge in [0.05, 0.1) is 17.2 Å². The SMILES string of the molecule is Cc1sc(NC(=O)C2CCC(C(=O)O)NC2)nc1-c1c(F)cc(F)cc1F. The van der Waals surface area contributed by atoms with Crippen LogP contribution in [0.3, 0.4) is 0 Å². The zero-order chi connectivity index (χ0) is 19.7. The summed E-state index contributed by atoms with van der Waals surface area (Å²) < 4.78 is 41.1. The molecule has 6 nitrogen and oxygen atoms in total. The predicted molar refractivity (Wildman–Crippen MR) is 92.9 cm³/mol. The highest BCUT2D eigenvalue weighted by molar-refractivity contribution is 7.16. The number of piperidine rings is 1. The Morgan fingerprint density at radius 3 is 2.48 bits per heavy atom. The maximum Gasteiger partial charge on any atom is 0.320 e. The molecule has 144 valence electrons. The first-order valence-corrected chi connectivity index (χ1v) is 8.97. The minimum atomic E-state index is -1.07. The van der Waals surface area contributed by atoms with Gasteiger partial charge in [-0.15, -0.1) is 11.3 Å². The minimum Gasteiger partial charge on any atom is -0.480 e. The van der Waals surface area contributed by atoms with Crippen molar-refractivity contribution in [2.75, 3.05) is 11.9 Å². The Hall–Kier alpha value is -2.46. The molecular weight excluding hydrogens is 383 g/mol. The number of carbonyl (C=O) groups is 2. The largest absolute Gasteiger partial charge is 0.480 e. The van der Waals surface area contributed by atoms with E-state index in [0.29, 0.717) is 29.9 Å². The zero-order valence-corrected chi connectivity index (χ0v) is 15.0. The molecule has 3 rings (SSSR count). The number of halogens is 3. The summed E-state index contributed by atoms with van der Waals surface area (Å²) in [7, 11) is 0. The monoisotopic (exact) mass is 399 g/mol. The van der Waals surface area contributed by atoms with Crippen LogP contribution in [0.1, 0.15) is 17.7 Å². The number of anilines is 1. The van der Waals surface area contributed by atoms with E-state index in [0.717, 1.165) is 11.3 Å². The lowest BCUT2D eigenvalue weighted by molar-refractivity contribution is -0.141. The van der Waals surface area contributed by atoms with Gasteiger partial charge < -0.3 is 15.7 Å². The Morgan fingerprint density at radius 1 is 1.26 bits per heavy atom. The van der Waals surface area contributed by atoms with Gasteiger partial charge in [0.25, 0.3) is 0 Å². The van der Waals surface area contributed by atoms with Crippen molar-refractivity contribution in [1.82, 2.24) is 10.3 Å². The molecule has 0 aliphatic carbocycles. The molecule has 1 aliphatic rings. The van der Waals surface area contributed by atoms with Crippen LogP contribution in [0, 0.1) is 30.3 Å².